The van der Waals surface area contributed by atoms with Crippen molar-refractivity contribution in [1.29, 1.82) is 0 Å². The zero-order chi connectivity index (χ0) is 22.2. The van der Waals surface area contributed by atoms with Crippen molar-refractivity contribution in [3.8, 4) is 0 Å². The van der Waals surface area contributed by atoms with Crippen molar-refractivity contribution < 1.29 is 9.90 Å². The Hall–Kier alpha value is -1.81. The molecule has 1 heterocycles. The summed E-state index contributed by atoms with van der Waals surface area (Å²) >= 11 is 12.4. The predicted molar refractivity (Wildman–Crippen MR) is 126 cm³/mol. The third-order valence-corrected chi connectivity index (χ3v) is 7.51. The van der Waals surface area contributed by atoms with Gasteiger partial charge in [-0.05, 0) is 67.0 Å². The van der Waals surface area contributed by atoms with Crippen molar-refractivity contribution in [2.75, 3.05) is 0 Å². The molecule has 1 aliphatic heterocycles. The van der Waals surface area contributed by atoms with E-state index in [9.17, 15) is 9.90 Å². The molecular formula is C26H29Cl2NO2. The molecule has 2 aromatic rings. The fourth-order valence-corrected chi connectivity index (χ4v) is 5.42. The molecule has 2 N–H and O–H groups in total. The van der Waals surface area contributed by atoms with Gasteiger partial charge in [-0.25, -0.2) is 0 Å². The van der Waals surface area contributed by atoms with Crippen LogP contribution in [-0.2, 0) is 10.4 Å². The summed E-state index contributed by atoms with van der Waals surface area (Å²) in [5.74, 6) is 0.246. The molecule has 1 amide bonds. The van der Waals surface area contributed by atoms with Crippen LogP contribution in [0.2, 0.25) is 10.0 Å². The Kier molecular flexibility index (Phi) is 6.22. The van der Waals surface area contributed by atoms with Gasteiger partial charge < -0.3 is 10.4 Å². The van der Waals surface area contributed by atoms with Gasteiger partial charge in [-0.3, -0.25) is 4.79 Å². The van der Waals surface area contributed by atoms with Gasteiger partial charge in [0.1, 0.15) is 0 Å². The Bertz CT molecular complexity index is 972. The lowest BCUT2D eigenvalue weighted by atomic mass is 9.67. The fraction of sp³-hybridized carbons (Fsp3) is 0.423. The summed E-state index contributed by atoms with van der Waals surface area (Å²) in [4.78, 5) is 13.1. The molecule has 2 aliphatic rings. The maximum atomic E-state index is 13.1. The topological polar surface area (TPSA) is 49.3 Å². The lowest BCUT2D eigenvalue weighted by Gasteiger charge is -2.45. The van der Waals surface area contributed by atoms with Gasteiger partial charge in [-0.15, -0.1) is 6.58 Å². The highest BCUT2D eigenvalue weighted by Crippen LogP contribution is 2.51. The summed E-state index contributed by atoms with van der Waals surface area (Å²) < 4.78 is 0. The molecule has 3 nitrogen and oxygen atoms in total. The minimum absolute atomic E-state index is 0.0185. The molecule has 0 radical (unpaired) electrons. The van der Waals surface area contributed by atoms with E-state index in [-0.39, 0.29) is 23.8 Å². The molecule has 0 bridgehead atoms. The second-order valence-corrected chi connectivity index (χ2v) is 10.3. The molecule has 31 heavy (non-hydrogen) atoms. The van der Waals surface area contributed by atoms with Crippen LogP contribution in [0.3, 0.4) is 0 Å². The first-order valence-electron chi connectivity index (χ1n) is 10.9. The minimum atomic E-state index is -1.01. The number of nitrogens with one attached hydrogen (secondary N) is 1. The molecule has 5 heteroatoms. The number of benzene rings is 2. The van der Waals surface area contributed by atoms with Gasteiger partial charge >= 0.3 is 0 Å². The highest BCUT2D eigenvalue weighted by Gasteiger charge is 2.51. The first kappa shape index (κ1) is 22.4. The smallest absolute Gasteiger partial charge is 0.226 e. The summed E-state index contributed by atoms with van der Waals surface area (Å²) in [5.41, 5.74) is 0.398. The molecular weight excluding hydrogens is 429 g/mol. The van der Waals surface area contributed by atoms with Crippen molar-refractivity contribution in [3.05, 3.63) is 82.4 Å². The van der Waals surface area contributed by atoms with Crippen LogP contribution in [0.1, 0.15) is 56.1 Å². The van der Waals surface area contributed by atoms with E-state index in [2.05, 4.69) is 18.0 Å². The summed E-state index contributed by atoms with van der Waals surface area (Å²) in [7, 11) is 0. The minimum Gasteiger partial charge on any atom is -0.385 e. The largest absolute Gasteiger partial charge is 0.385 e. The van der Waals surface area contributed by atoms with Crippen molar-refractivity contribution >= 4 is 29.1 Å². The highest BCUT2D eigenvalue weighted by molar-refractivity contribution is 6.30. The molecule has 164 valence electrons. The Morgan fingerprint density at radius 2 is 1.90 bits per heavy atom. The third kappa shape index (κ3) is 4.55. The molecule has 4 atom stereocenters. The molecule has 1 saturated carbocycles. The predicted octanol–water partition coefficient (Wildman–Crippen LogP) is 6.24. The molecule has 0 aromatic heterocycles. The highest BCUT2D eigenvalue weighted by atomic mass is 35.5. The average molecular weight is 458 g/mol. The van der Waals surface area contributed by atoms with Gasteiger partial charge in [-0.2, -0.15) is 0 Å². The van der Waals surface area contributed by atoms with Crippen LogP contribution >= 0.6 is 23.2 Å². The standard InChI is InChI=1S/C26H29Cl2NO2/c1-3-13-25(2)15-22(17-5-4-6-21(28)14-17)23(29-24(25)30)16-26(31,18-7-8-18)19-9-11-20(27)12-10-19/h3-6,9-12,14,18,22-23,31H,1,7-8,13,15-16H2,2H3,(H,29,30)/t22-,23+,25+,26+/m1/s1. The van der Waals surface area contributed by atoms with Crippen LogP contribution in [-0.4, -0.2) is 17.1 Å². The quantitative estimate of drug-likeness (QED) is 0.483. The normalized spacial score (nSPS) is 27.9. The number of carbonyl (C=O) groups is 1. The Morgan fingerprint density at radius 1 is 1.19 bits per heavy atom. The van der Waals surface area contributed by atoms with Crippen molar-refractivity contribution in [3.63, 3.8) is 0 Å². The zero-order valence-corrected chi connectivity index (χ0v) is 19.3. The van der Waals surface area contributed by atoms with Crippen molar-refractivity contribution in [1.82, 2.24) is 5.32 Å². The van der Waals surface area contributed by atoms with Crippen molar-refractivity contribution in [2.24, 2.45) is 11.3 Å². The van der Waals surface area contributed by atoms with Crippen LogP contribution in [0.4, 0.5) is 0 Å². The van der Waals surface area contributed by atoms with E-state index in [1.807, 2.05) is 55.5 Å². The number of halogens is 2. The Labute approximate surface area is 194 Å². The van der Waals surface area contributed by atoms with E-state index in [4.69, 9.17) is 23.2 Å². The molecule has 4 rings (SSSR count). The Morgan fingerprint density at radius 3 is 2.52 bits per heavy atom. The van der Waals surface area contributed by atoms with Crippen LogP contribution in [0.15, 0.2) is 61.2 Å². The first-order valence-corrected chi connectivity index (χ1v) is 11.7. The number of aliphatic hydroxyl groups is 1. The van der Waals surface area contributed by atoms with Crippen LogP contribution in [0.25, 0.3) is 0 Å². The third-order valence-electron chi connectivity index (χ3n) is 7.02. The summed E-state index contributed by atoms with van der Waals surface area (Å²) in [6.07, 6.45) is 5.51. The maximum Gasteiger partial charge on any atom is 0.226 e. The number of amides is 1. The fourth-order valence-electron chi connectivity index (χ4n) is 5.09. The first-order chi connectivity index (χ1) is 14.7. The van der Waals surface area contributed by atoms with Gasteiger partial charge in [0.2, 0.25) is 5.91 Å². The number of hydrogen-bond acceptors (Lipinski definition) is 2. The average Bonchev–Trinajstić information content (AvgIpc) is 3.57. The monoisotopic (exact) mass is 457 g/mol. The number of piperidine rings is 1. The van der Waals surface area contributed by atoms with Gasteiger partial charge in [0.25, 0.3) is 0 Å². The summed E-state index contributed by atoms with van der Waals surface area (Å²) in [6, 6.07) is 15.1. The van der Waals surface area contributed by atoms with E-state index < -0.39 is 11.0 Å². The van der Waals surface area contributed by atoms with Gasteiger partial charge in [0, 0.05) is 28.4 Å². The Balaban J connectivity index is 1.70. The van der Waals surface area contributed by atoms with Gasteiger partial charge in [0.05, 0.1) is 11.0 Å². The number of carbonyl (C=O) groups excluding carboxylic acids is 1. The number of rotatable bonds is 7. The van der Waals surface area contributed by atoms with E-state index in [1.165, 1.54) is 0 Å². The van der Waals surface area contributed by atoms with Crippen LogP contribution in [0, 0.1) is 11.3 Å². The summed E-state index contributed by atoms with van der Waals surface area (Å²) in [6.45, 7) is 5.84. The van der Waals surface area contributed by atoms with E-state index >= 15 is 0 Å². The van der Waals surface area contributed by atoms with E-state index in [1.54, 1.807) is 0 Å². The number of hydrogen-bond donors (Lipinski definition) is 2. The maximum absolute atomic E-state index is 13.1. The van der Waals surface area contributed by atoms with E-state index in [0.29, 0.717) is 29.3 Å². The summed E-state index contributed by atoms with van der Waals surface area (Å²) in [5, 5.41) is 16.4. The van der Waals surface area contributed by atoms with Crippen molar-refractivity contribution in [2.45, 2.75) is 56.6 Å². The molecule has 0 spiro atoms. The molecule has 1 aliphatic carbocycles. The van der Waals surface area contributed by atoms with Crippen LogP contribution < -0.4 is 5.32 Å². The molecule has 2 fully saturated rings. The number of allylic oxidation sites excluding steroid dienone is 1. The van der Waals surface area contributed by atoms with Gasteiger partial charge in [-0.1, -0.05) is 60.5 Å². The zero-order valence-electron chi connectivity index (χ0n) is 17.8. The lowest BCUT2D eigenvalue weighted by molar-refractivity contribution is -0.135. The molecule has 0 unspecified atom stereocenters. The molecule has 1 saturated heterocycles. The molecule has 2 aromatic carbocycles. The lowest BCUT2D eigenvalue weighted by Crippen LogP contribution is -2.55. The van der Waals surface area contributed by atoms with Gasteiger partial charge in [0.15, 0.2) is 0 Å². The second-order valence-electron chi connectivity index (χ2n) is 9.41. The SMILES string of the molecule is C=CC[C@@]1(C)C[C@H](c2cccc(Cl)c2)[C@H](C[C@@](O)(c2ccc(Cl)cc2)C2CC2)NC1=O. The van der Waals surface area contributed by atoms with Crippen LogP contribution in [0.5, 0.6) is 0 Å². The second kappa shape index (κ2) is 8.61. The van der Waals surface area contributed by atoms with E-state index in [0.717, 1.165) is 24.0 Å².